The molecule has 2 atom stereocenters. The molecule has 9 nitrogen and oxygen atoms in total. The Kier molecular flexibility index (Phi) is 9.77. The third-order valence-electron chi connectivity index (χ3n) is 8.56. The van der Waals surface area contributed by atoms with E-state index < -0.39 is 11.9 Å². The summed E-state index contributed by atoms with van der Waals surface area (Å²) >= 11 is 0.889. The highest BCUT2D eigenvalue weighted by molar-refractivity contribution is 7.09. The lowest BCUT2D eigenvalue weighted by molar-refractivity contribution is -0.123. The molecule has 2 aliphatic rings. The van der Waals surface area contributed by atoms with E-state index in [1.54, 1.807) is 0 Å². The lowest BCUT2D eigenvalue weighted by atomic mass is 9.95. The Bertz CT molecular complexity index is 1460. The van der Waals surface area contributed by atoms with E-state index >= 15 is 0 Å². The van der Waals surface area contributed by atoms with Crippen molar-refractivity contribution in [3.8, 4) is 0 Å². The van der Waals surface area contributed by atoms with Crippen LogP contribution in [0.2, 0.25) is 0 Å². The van der Waals surface area contributed by atoms with Gasteiger partial charge in [0.15, 0.2) is 5.69 Å². The number of nitrogens with two attached hydrogens (primary N) is 1. The maximum absolute atomic E-state index is 14.6. The van der Waals surface area contributed by atoms with Gasteiger partial charge in [0, 0.05) is 24.9 Å². The van der Waals surface area contributed by atoms with E-state index in [2.05, 4.69) is 15.0 Å². The van der Waals surface area contributed by atoms with E-state index in [4.69, 9.17) is 10.5 Å². The van der Waals surface area contributed by atoms with Crippen LogP contribution in [0.3, 0.4) is 0 Å². The van der Waals surface area contributed by atoms with Gasteiger partial charge >= 0.3 is 0 Å². The van der Waals surface area contributed by atoms with Gasteiger partial charge in [-0.15, -0.1) is 0 Å². The van der Waals surface area contributed by atoms with E-state index in [0.29, 0.717) is 24.4 Å². The highest BCUT2D eigenvalue weighted by atomic mass is 32.1. The van der Waals surface area contributed by atoms with Gasteiger partial charge in [-0.25, -0.2) is 0 Å². The van der Waals surface area contributed by atoms with Crippen LogP contribution in [0.4, 0.5) is 11.4 Å². The number of rotatable bonds is 9. The zero-order valence-corrected chi connectivity index (χ0v) is 26.0. The van der Waals surface area contributed by atoms with Crippen LogP contribution in [0, 0.1) is 20.8 Å². The molecule has 2 heterocycles. The summed E-state index contributed by atoms with van der Waals surface area (Å²) in [6.45, 7) is 6.90. The summed E-state index contributed by atoms with van der Waals surface area (Å²) in [4.78, 5) is 43.5. The zero-order chi connectivity index (χ0) is 30.5. The largest absolute Gasteiger partial charge is 0.395 e. The molecule has 0 unspecified atom stereocenters. The second-order valence-corrected chi connectivity index (χ2v) is 12.4. The summed E-state index contributed by atoms with van der Waals surface area (Å²) in [6, 6.07) is 12.3. The molecule has 1 aliphatic carbocycles. The van der Waals surface area contributed by atoms with Crippen molar-refractivity contribution < 1.29 is 19.1 Å². The number of benzene rings is 2. The number of carbonyl (C=O) groups is 3. The van der Waals surface area contributed by atoms with Gasteiger partial charge in [-0.1, -0.05) is 61.2 Å². The summed E-state index contributed by atoms with van der Waals surface area (Å²) in [7, 11) is 0. The summed E-state index contributed by atoms with van der Waals surface area (Å²) < 4.78 is 10.1. The smallest absolute Gasteiger partial charge is 0.273 e. The molecule has 1 saturated heterocycles. The number of nitrogen functional groups attached to an aromatic ring is 1. The van der Waals surface area contributed by atoms with Gasteiger partial charge in [-0.2, -0.15) is 4.37 Å². The average Bonchev–Trinajstić information content (AvgIpc) is 3.67. The van der Waals surface area contributed by atoms with E-state index in [-0.39, 0.29) is 40.2 Å². The number of anilines is 2. The molecule has 2 fully saturated rings. The van der Waals surface area contributed by atoms with Crippen LogP contribution in [0.15, 0.2) is 42.5 Å². The molecule has 1 aliphatic heterocycles. The lowest BCUT2D eigenvalue weighted by Gasteiger charge is -2.33. The first kappa shape index (κ1) is 30.7. The molecule has 0 bridgehead atoms. The molecule has 1 aromatic heterocycles. The van der Waals surface area contributed by atoms with Gasteiger partial charge in [0.1, 0.15) is 10.9 Å². The van der Waals surface area contributed by atoms with E-state index in [0.717, 1.165) is 66.7 Å². The van der Waals surface area contributed by atoms with Crippen molar-refractivity contribution in [3.63, 3.8) is 0 Å². The fourth-order valence-electron chi connectivity index (χ4n) is 5.87. The molecule has 2 aromatic carbocycles. The van der Waals surface area contributed by atoms with Gasteiger partial charge in [0.25, 0.3) is 11.8 Å². The minimum absolute atomic E-state index is 0.0287. The Morgan fingerprint density at radius 2 is 1.77 bits per heavy atom. The maximum atomic E-state index is 14.6. The van der Waals surface area contributed by atoms with Crippen LogP contribution >= 0.6 is 11.5 Å². The van der Waals surface area contributed by atoms with Crippen LogP contribution in [0.25, 0.3) is 0 Å². The number of aromatic nitrogens is 1. The summed E-state index contributed by atoms with van der Waals surface area (Å²) in [5.74, 6) is -1.19. The standard InChI is InChI=1S/C33H41N5O4S/c1-20-14-16-23(17-15-20)29(32(40)35-19-25-12-8-18-42-25)38(26-13-7-9-21(2)22(26)3)33(41)30-27(34)28(37-43-30)31(39)36-24-10-5-4-6-11-24/h7,9,13-17,24-25,29H,4-6,8,10-12,18-19,34H2,1-3H3,(H,35,40)(H,36,39)/t25-,29-/m1/s1. The van der Waals surface area contributed by atoms with Crippen LogP contribution in [0.1, 0.15) is 93.4 Å². The number of ether oxygens (including phenoxy) is 1. The quantitative estimate of drug-likeness (QED) is 0.301. The molecule has 10 heteroatoms. The molecule has 228 valence electrons. The predicted molar refractivity (Wildman–Crippen MR) is 169 cm³/mol. The molecular formula is C33H41N5O4S. The zero-order valence-electron chi connectivity index (χ0n) is 25.2. The Balaban J connectivity index is 1.54. The van der Waals surface area contributed by atoms with Crippen LogP contribution in [-0.2, 0) is 9.53 Å². The average molecular weight is 604 g/mol. The van der Waals surface area contributed by atoms with Gasteiger partial charge in [0.05, 0.1) is 11.8 Å². The molecule has 0 radical (unpaired) electrons. The monoisotopic (exact) mass is 603 g/mol. The number of nitrogens with one attached hydrogen (secondary N) is 2. The summed E-state index contributed by atoms with van der Waals surface area (Å²) in [6.07, 6.45) is 6.91. The molecule has 43 heavy (non-hydrogen) atoms. The molecule has 3 aromatic rings. The van der Waals surface area contributed by atoms with E-state index in [9.17, 15) is 14.4 Å². The van der Waals surface area contributed by atoms with E-state index in [1.807, 2.05) is 63.2 Å². The van der Waals surface area contributed by atoms with Crippen LogP contribution < -0.4 is 21.3 Å². The number of nitrogens with zero attached hydrogens (tertiary/aromatic N) is 2. The third kappa shape index (κ3) is 6.91. The van der Waals surface area contributed by atoms with Crippen LogP contribution in [-0.4, -0.2) is 47.4 Å². The minimum atomic E-state index is -1.00. The van der Waals surface area contributed by atoms with Crippen molar-refractivity contribution in [2.45, 2.75) is 83.9 Å². The molecule has 3 amide bonds. The summed E-state index contributed by atoms with van der Waals surface area (Å²) in [5.41, 5.74) is 10.7. The number of hydrogen-bond donors (Lipinski definition) is 3. The maximum Gasteiger partial charge on any atom is 0.273 e. The minimum Gasteiger partial charge on any atom is -0.395 e. The normalized spacial score (nSPS) is 17.8. The van der Waals surface area contributed by atoms with Crippen molar-refractivity contribution in [2.75, 3.05) is 23.8 Å². The van der Waals surface area contributed by atoms with Crippen molar-refractivity contribution in [1.82, 2.24) is 15.0 Å². The first-order valence-corrected chi connectivity index (χ1v) is 15.9. The number of carbonyl (C=O) groups excluding carboxylic acids is 3. The highest BCUT2D eigenvalue weighted by Gasteiger charge is 2.37. The molecule has 5 rings (SSSR count). The van der Waals surface area contributed by atoms with Crippen LogP contribution in [0.5, 0.6) is 0 Å². The Morgan fingerprint density at radius 1 is 1.02 bits per heavy atom. The second-order valence-electron chi connectivity index (χ2n) is 11.7. The number of hydrogen-bond acceptors (Lipinski definition) is 7. The summed E-state index contributed by atoms with van der Waals surface area (Å²) in [5, 5.41) is 6.09. The SMILES string of the molecule is Cc1ccc([C@H](C(=O)NC[C@H]2CCCO2)N(C(=O)c2snc(C(=O)NC3CCCCC3)c2N)c2cccc(C)c2C)cc1. The highest BCUT2D eigenvalue weighted by Crippen LogP contribution is 2.36. The molecule has 0 spiro atoms. The van der Waals surface area contributed by atoms with Crippen molar-refractivity contribution in [1.29, 1.82) is 0 Å². The topological polar surface area (TPSA) is 127 Å². The predicted octanol–water partition coefficient (Wildman–Crippen LogP) is 5.40. The third-order valence-corrected chi connectivity index (χ3v) is 9.41. The van der Waals surface area contributed by atoms with Gasteiger partial charge in [-0.3, -0.25) is 19.3 Å². The van der Waals surface area contributed by atoms with Gasteiger partial charge in [0.2, 0.25) is 5.91 Å². The van der Waals surface area contributed by atoms with Crippen molar-refractivity contribution in [2.24, 2.45) is 0 Å². The Labute approximate surface area is 257 Å². The Morgan fingerprint density at radius 3 is 2.47 bits per heavy atom. The van der Waals surface area contributed by atoms with E-state index in [1.165, 1.54) is 11.3 Å². The second kappa shape index (κ2) is 13.7. The Hall–Kier alpha value is -3.76. The fraction of sp³-hybridized carbons (Fsp3) is 0.455. The van der Waals surface area contributed by atoms with Crippen molar-refractivity contribution in [3.05, 3.63) is 75.3 Å². The molecule has 4 N–H and O–H groups in total. The first-order valence-electron chi connectivity index (χ1n) is 15.2. The first-order chi connectivity index (χ1) is 20.7. The lowest BCUT2D eigenvalue weighted by Crippen LogP contribution is -2.46. The van der Waals surface area contributed by atoms with Gasteiger partial charge < -0.3 is 21.1 Å². The van der Waals surface area contributed by atoms with Gasteiger partial charge in [-0.05, 0) is 80.7 Å². The fourth-order valence-corrected chi connectivity index (χ4v) is 6.61. The van der Waals surface area contributed by atoms with Crippen molar-refractivity contribution >= 4 is 40.6 Å². The number of amides is 3. The number of aryl methyl sites for hydroxylation is 2. The molecular weight excluding hydrogens is 562 g/mol. The molecule has 1 saturated carbocycles.